The summed E-state index contributed by atoms with van der Waals surface area (Å²) < 4.78 is 24.5. The summed E-state index contributed by atoms with van der Waals surface area (Å²) in [5.41, 5.74) is 0.819. The number of halogens is 1. The third kappa shape index (κ3) is 5.08. The van der Waals surface area contributed by atoms with E-state index in [0.29, 0.717) is 5.69 Å². The predicted octanol–water partition coefficient (Wildman–Crippen LogP) is 2.70. The summed E-state index contributed by atoms with van der Waals surface area (Å²) in [5.74, 6) is -0.185. The SMILES string of the molecule is CC[C@@H](C)C(=O)Nc1ccc(NS(C)(=O)=O)c(Cl)c1. The van der Waals surface area contributed by atoms with E-state index in [-0.39, 0.29) is 22.5 Å². The van der Waals surface area contributed by atoms with Gasteiger partial charge in [-0.15, -0.1) is 0 Å². The fourth-order valence-electron chi connectivity index (χ4n) is 1.33. The standard InChI is InChI=1S/C12H17ClN2O3S/c1-4-8(2)12(16)14-9-5-6-11(10(13)7-9)15-19(3,17)18/h5-8,15H,4H2,1-3H3,(H,14,16)/t8-/m1/s1. The Morgan fingerprint density at radius 2 is 2.05 bits per heavy atom. The molecule has 1 aromatic carbocycles. The maximum atomic E-state index is 11.7. The Morgan fingerprint density at radius 3 is 2.53 bits per heavy atom. The molecule has 0 spiro atoms. The molecule has 5 nitrogen and oxygen atoms in total. The Kier molecular flexibility index (Phi) is 5.20. The maximum absolute atomic E-state index is 11.7. The minimum Gasteiger partial charge on any atom is -0.326 e. The summed E-state index contributed by atoms with van der Waals surface area (Å²) >= 11 is 5.95. The van der Waals surface area contributed by atoms with Crippen LogP contribution in [0.2, 0.25) is 5.02 Å². The fourth-order valence-corrected chi connectivity index (χ4v) is 2.19. The number of anilines is 2. The molecule has 0 aliphatic heterocycles. The van der Waals surface area contributed by atoms with Crippen molar-refractivity contribution in [1.29, 1.82) is 0 Å². The summed E-state index contributed by atoms with van der Waals surface area (Å²) in [4.78, 5) is 11.7. The van der Waals surface area contributed by atoms with Crippen LogP contribution in [-0.4, -0.2) is 20.6 Å². The van der Waals surface area contributed by atoms with Crippen LogP contribution >= 0.6 is 11.6 Å². The number of amides is 1. The zero-order chi connectivity index (χ0) is 14.6. The van der Waals surface area contributed by atoms with Gasteiger partial charge in [-0.1, -0.05) is 25.4 Å². The van der Waals surface area contributed by atoms with Crippen molar-refractivity contribution >= 4 is 38.9 Å². The number of carbonyl (C=O) groups is 1. The molecular formula is C12H17ClN2O3S. The van der Waals surface area contributed by atoms with Gasteiger partial charge in [0.1, 0.15) is 0 Å². The van der Waals surface area contributed by atoms with Crippen LogP contribution in [-0.2, 0) is 14.8 Å². The van der Waals surface area contributed by atoms with E-state index in [2.05, 4.69) is 10.0 Å². The average molecular weight is 305 g/mol. The van der Waals surface area contributed by atoms with Crippen molar-refractivity contribution in [3.05, 3.63) is 23.2 Å². The van der Waals surface area contributed by atoms with Gasteiger partial charge in [0.25, 0.3) is 0 Å². The van der Waals surface area contributed by atoms with Crippen molar-refractivity contribution in [1.82, 2.24) is 0 Å². The Labute approximate surface area is 118 Å². The number of nitrogens with one attached hydrogen (secondary N) is 2. The summed E-state index contributed by atoms with van der Waals surface area (Å²) in [7, 11) is -3.37. The fraction of sp³-hybridized carbons (Fsp3) is 0.417. The van der Waals surface area contributed by atoms with E-state index in [4.69, 9.17) is 11.6 Å². The second kappa shape index (κ2) is 6.25. The number of hydrogen-bond donors (Lipinski definition) is 2. The van der Waals surface area contributed by atoms with Crippen LogP contribution in [0.3, 0.4) is 0 Å². The lowest BCUT2D eigenvalue weighted by atomic mass is 10.1. The monoisotopic (exact) mass is 304 g/mol. The van der Waals surface area contributed by atoms with E-state index < -0.39 is 10.0 Å². The van der Waals surface area contributed by atoms with E-state index >= 15 is 0 Å². The maximum Gasteiger partial charge on any atom is 0.229 e. The first-order valence-corrected chi connectivity index (χ1v) is 8.08. The second-order valence-electron chi connectivity index (χ2n) is 4.37. The van der Waals surface area contributed by atoms with Gasteiger partial charge in [-0.05, 0) is 24.6 Å². The van der Waals surface area contributed by atoms with Crippen LogP contribution in [0.4, 0.5) is 11.4 Å². The van der Waals surface area contributed by atoms with Crippen molar-refractivity contribution in [2.75, 3.05) is 16.3 Å². The average Bonchev–Trinajstić information content (AvgIpc) is 2.30. The highest BCUT2D eigenvalue weighted by Gasteiger charge is 2.12. The smallest absolute Gasteiger partial charge is 0.229 e. The number of carbonyl (C=O) groups excluding carboxylic acids is 1. The summed E-state index contributed by atoms with van der Waals surface area (Å²) in [6.07, 6.45) is 1.79. The van der Waals surface area contributed by atoms with Gasteiger partial charge in [-0.2, -0.15) is 0 Å². The summed E-state index contributed by atoms with van der Waals surface area (Å²) in [5, 5.41) is 2.95. The normalized spacial score (nSPS) is 12.8. The van der Waals surface area contributed by atoms with Gasteiger partial charge in [0.15, 0.2) is 0 Å². The molecule has 0 aliphatic rings. The molecular weight excluding hydrogens is 288 g/mol. The lowest BCUT2D eigenvalue weighted by Gasteiger charge is -2.12. The first-order valence-electron chi connectivity index (χ1n) is 5.81. The molecule has 7 heteroatoms. The van der Waals surface area contributed by atoms with Crippen LogP contribution in [0, 0.1) is 5.92 Å². The third-order valence-electron chi connectivity index (χ3n) is 2.59. The van der Waals surface area contributed by atoms with E-state index in [0.717, 1.165) is 12.7 Å². The summed E-state index contributed by atoms with van der Waals surface area (Å²) in [6, 6.07) is 4.62. The first-order chi connectivity index (χ1) is 8.73. The highest BCUT2D eigenvalue weighted by Crippen LogP contribution is 2.26. The quantitative estimate of drug-likeness (QED) is 0.878. The molecule has 1 aromatic rings. The Morgan fingerprint density at radius 1 is 1.42 bits per heavy atom. The second-order valence-corrected chi connectivity index (χ2v) is 6.52. The number of benzene rings is 1. The number of hydrogen-bond acceptors (Lipinski definition) is 3. The topological polar surface area (TPSA) is 75.3 Å². The lowest BCUT2D eigenvalue weighted by molar-refractivity contribution is -0.119. The van der Waals surface area contributed by atoms with Crippen molar-refractivity contribution in [3.8, 4) is 0 Å². The molecule has 0 aliphatic carbocycles. The molecule has 2 N–H and O–H groups in total. The molecule has 0 aromatic heterocycles. The Bertz CT molecular complexity index is 572. The van der Waals surface area contributed by atoms with Crippen molar-refractivity contribution in [3.63, 3.8) is 0 Å². The van der Waals surface area contributed by atoms with Crippen LogP contribution in [0.5, 0.6) is 0 Å². The molecule has 0 saturated carbocycles. The van der Waals surface area contributed by atoms with E-state index in [1.807, 2.05) is 13.8 Å². The molecule has 1 rings (SSSR count). The molecule has 0 unspecified atom stereocenters. The predicted molar refractivity (Wildman–Crippen MR) is 78.0 cm³/mol. The van der Waals surface area contributed by atoms with Crippen LogP contribution in [0.1, 0.15) is 20.3 Å². The summed E-state index contributed by atoms with van der Waals surface area (Å²) in [6.45, 7) is 3.76. The lowest BCUT2D eigenvalue weighted by Crippen LogP contribution is -2.19. The van der Waals surface area contributed by atoms with Crippen LogP contribution in [0.25, 0.3) is 0 Å². The zero-order valence-electron chi connectivity index (χ0n) is 11.0. The van der Waals surface area contributed by atoms with Gasteiger partial charge in [0.2, 0.25) is 15.9 Å². The molecule has 1 atom stereocenters. The third-order valence-corrected chi connectivity index (χ3v) is 3.50. The highest BCUT2D eigenvalue weighted by molar-refractivity contribution is 7.92. The molecule has 0 radical (unpaired) electrons. The van der Waals surface area contributed by atoms with Gasteiger partial charge in [-0.3, -0.25) is 9.52 Å². The zero-order valence-corrected chi connectivity index (χ0v) is 12.6. The molecule has 0 saturated heterocycles. The van der Waals surface area contributed by atoms with E-state index in [1.165, 1.54) is 12.1 Å². The number of rotatable bonds is 5. The van der Waals surface area contributed by atoms with Crippen molar-refractivity contribution < 1.29 is 13.2 Å². The van der Waals surface area contributed by atoms with Gasteiger partial charge in [-0.25, -0.2) is 8.42 Å². The molecule has 0 bridgehead atoms. The molecule has 0 fully saturated rings. The Balaban J connectivity index is 2.86. The van der Waals surface area contributed by atoms with Gasteiger partial charge >= 0.3 is 0 Å². The first kappa shape index (κ1) is 15.8. The molecule has 19 heavy (non-hydrogen) atoms. The van der Waals surface area contributed by atoms with Crippen LogP contribution < -0.4 is 10.0 Å². The number of sulfonamides is 1. The van der Waals surface area contributed by atoms with Crippen LogP contribution in [0.15, 0.2) is 18.2 Å². The minimum absolute atomic E-state index is 0.0902. The molecule has 106 valence electrons. The van der Waals surface area contributed by atoms with E-state index in [9.17, 15) is 13.2 Å². The van der Waals surface area contributed by atoms with Gasteiger partial charge < -0.3 is 5.32 Å². The van der Waals surface area contributed by atoms with Gasteiger partial charge in [0.05, 0.1) is 17.0 Å². The minimum atomic E-state index is -3.37. The Hall–Kier alpha value is -1.27. The van der Waals surface area contributed by atoms with Crippen molar-refractivity contribution in [2.24, 2.45) is 5.92 Å². The molecule has 1 amide bonds. The largest absolute Gasteiger partial charge is 0.326 e. The molecule has 0 heterocycles. The highest BCUT2D eigenvalue weighted by atomic mass is 35.5. The van der Waals surface area contributed by atoms with Crippen molar-refractivity contribution in [2.45, 2.75) is 20.3 Å². The van der Waals surface area contributed by atoms with Gasteiger partial charge in [0, 0.05) is 11.6 Å². The van der Waals surface area contributed by atoms with E-state index in [1.54, 1.807) is 6.07 Å².